The molecule has 1 atom stereocenters. The zero-order valence-electron chi connectivity index (χ0n) is 10.2. The van der Waals surface area contributed by atoms with E-state index in [2.05, 4.69) is 5.32 Å². The number of hydrogen-bond donors (Lipinski definition) is 2. The predicted molar refractivity (Wildman–Crippen MR) is 73.8 cm³/mol. The van der Waals surface area contributed by atoms with Gasteiger partial charge in [0.2, 0.25) is 0 Å². The number of carbonyl (C=O) groups excluding carboxylic acids is 1. The van der Waals surface area contributed by atoms with Crippen LogP contribution in [0.2, 0.25) is 5.02 Å². The van der Waals surface area contributed by atoms with E-state index >= 15 is 0 Å². The number of amides is 2. The van der Waals surface area contributed by atoms with Gasteiger partial charge in [-0.1, -0.05) is 23.7 Å². The van der Waals surface area contributed by atoms with E-state index in [0.717, 1.165) is 25.9 Å². The highest BCUT2D eigenvalue weighted by Gasteiger charge is 2.22. The van der Waals surface area contributed by atoms with Gasteiger partial charge in [-0.15, -0.1) is 0 Å². The highest BCUT2D eigenvalue weighted by atomic mass is 35.5. The Balaban J connectivity index is 1.97. The third kappa shape index (κ3) is 3.15. The topological polar surface area (TPSA) is 58.4 Å². The molecule has 1 aromatic rings. The van der Waals surface area contributed by atoms with Crippen molar-refractivity contribution in [2.75, 3.05) is 25.0 Å². The van der Waals surface area contributed by atoms with E-state index in [9.17, 15) is 4.79 Å². The van der Waals surface area contributed by atoms with Crippen LogP contribution in [-0.4, -0.2) is 30.6 Å². The van der Waals surface area contributed by atoms with Gasteiger partial charge in [0.1, 0.15) is 0 Å². The molecular formula is C13H18ClN3O. The Kier molecular flexibility index (Phi) is 4.44. The zero-order chi connectivity index (χ0) is 13.0. The lowest BCUT2D eigenvalue weighted by Crippen LogP contribution is -2.44. The van der Waals surface area contributed by atoms with E-state index in [1.54, 1.807) is 12.1 Å². The summed E-state index contributed by atoms with van der Waals surface area (Å²) in [7, 11) is 0. The van der Waals surface area contributed by atoms with E-state index in [-0.39, 0.29) is 6.03 Å². The summed E-state index contributed by atoms with van der Waals surface area (Å²) in [6, 6.07) is 7.14. The summed E-state index contributed by atoms with van der Waals surface area (Å²) >= 11 is 6.01. The Bertz CT molecular complexity index is 424. The van der Waals surface area contributed by atoms with Gasteiger partial charge in [0.15, 0.2) is 0 Å². The number of piperidine rings is 1. The second kappa shape index (κ2) is 6.07. The van der Waals surface area contributed by atoms with Gasteiger partial charge >= 0.3 is 6.03 Å². The number of nitrogens with one attached hydrogen (secondary N) is 1. The van der Waals surface area contributed by atoms with Crippen LogP contribution >= 0.6 is 11.6 Å². The van der Waals surface area contributed by atoms with Gasteiger partial charge < -0.3 is 16.0 Å². The van der Waals surface area contributed by atoms with Crippen LogP contribution in [0.15, 0.2) is 24.3 Å². The zero-order valence-corrected chi connectivity index (χ0v) is 11.0. The van der Waals surface area contributed by atoms with Crippen molar-refractivity contribution in [3.8, 4) is 0 Å². The Hall–Kier alpha value is -1.26. The number of urea groups is 1. The molecule has 1 heterocycles. The minimum atomic E-state index is -0.0961. The summed E-state index contributed by atoms with van der Waals surface area (Å²) in [5.41, 5.74) is 6.31. The van der Waals surface area contributed by atoms with Crippen molar-refractivity contribution in [1.29, 1.82) is 0 Å². The average molecular weight is 268 g/mol. The second-order valence-electron chi connectivity index (χ2n) is 4.60. The molecule has 0 aromatic heterocycles. The Morgan fingerprint density at radius 1 is 1.50 bits per heavy atom. The van der Waals surface area contributed by atoms with Crippen molar-refractivity contribution in [2.45, 2.75) is 12.8 Å². The molecule has 4 nitrogen and oxygen atoms in total. The van der Waals surface area contributed by atoms with Gasteiger partial charge in [-0.2, -0.15) is 0 Å². The number of rotatable bonds is 2. The lowest BCUT2D eigenvalue weighted by molar-refractivity contribution is 0.179. The SMILES string of the molecule is NCC1CCCN(C(=O)Nc2ccccc2Cl)C1. The fraction of sp³-hybridized carbons (Fsp3) is 0.462. The molecule has 2 rings (SSSR count). The molecule has 5 heteroatoms. The number of benzene rings is 1. The van der Waals surface area contributed by atoms with Crippen LogP contribution in [0.5, 0.6) is 0 Å². The molecule has 2 amide bonds. The number of hydrogen-bond acceptors (Lipinski definition) is 2. The number of para-hydroxylation sites is 1. The lowest BCUT2D eigenvalue weighted by atomic mass is 9.99. The standard InChI is InChI=1S/C13H18ClN3O/c14-11-5-1-2-6-12(11)16-13(18)17-7-3-4-10(8-15)9-17/h1-2,5-6,10H,3-4,7-9,15H2,(H,16,18). The fourth-order valence-electron chi connectivity index (χ4n) is 2.20. The predicted octanol–water partition coefficient (Wildman–Crippen LogP) is 2.54. The van der Waals surface area contributed by atoms with Crippen LogP contribution in [0.1, 0.15) is 12.8 Å². The van der Waals surface area contributed by atoms with Crippen LogP contribution < -0.4 is 11.1 Å². The Morgan fingerprint density at radius 2 is 2.28 bits per heavy atom. The minimum absolute atomic E-state index is 0.0961. The van der Waals surface area contributed by atoms with Gasteiger partial charge in [-0.3, -0.25) is 0 Å². The molecule has 1 aliphatic heterocycles. The van der Waals surface area contributed by atoms with Crippen LogP contribution in [0, 0.1) is 5.92 Å². The van der Waals surface area contributed by atoms with Crippen LogP contribution in [0.3, 0.4) is 0 Å². The van der Waals surface area contributed by atoms with E-state index in [0.29, 0.717) is 23.2 Å². The maximum absolute atomic E-state index is 12.1. The second-order valence-corrected chi connectivity index (χ2v) is 5.01. The van der Waals surface area contributed by atoms with E-state index in [1.807, 2.05) is 17.0 Å². The van der Waals surface area contributed by atoms with Gasteiger partial charge in [0.05, 0.1) is 10.7 Å². The smallest absolute Gasteiger partial charge is 0.321 e. The molecule has 0 radical (unpaired) electrons. The molecule has 1 aliphatic rings. The van der Waals surface area contributed by atoms with Crippen LogP contribution in [-0.2, 0) is 0 Å². The molecule has 0 bridgehead atoms. The number of nitrogens with two attached hydrogens (primary N) is 1. The third-order valence-corrected chi connectivity index (χ3v) is 3.58. The van der Waals surface area contributed by atoms with Crippen molar-refractivity contribution < 1.29 is 4.79 Å². The maximum atomic E-state index is 12.1. The van der Waals surface area contributed by atoms with Gasteiger partial charge in [-0.05, 0) is 37.4 Å². The summed E-state index contributed by atoms with van der Waals surface area (Å²) < 4.78 is 0. The van der Waals surface area contributed by atoms with E-state index in [1.165, 1.54) is 0 Å². The van der Waals surface area contributed by atoms with Crippen LogP contribution in [0.25, 0.3) is 0 Å². The summed E-state index contributed by atoms with van der Waals surface area (Å²) in [5.74, 6) is 0.413. The third-order valence-electron chi connectivity index (χ3n) is 3.25. The summed E-state index contributed by atoms with van der Waals surface area (Å²) in [6.07, 6.45) is 2.12. The number of halogens is 1. The quantitative estimate of drug-likeness (QED) is 0.865. The van der Waals surface area contributed by atoms with Crippen LogP contribution in [0.4, 0.5) is 10.5 Å². The molecule has 0 aliphatic carbocycles. The number of likely N-dealkylation sites (tertiary alicyclic amines) is 1. The largest absolute Gasteiger partial charge is 0.330 e. The molecule has 1 aromatic carbocycles. The molecule has 3 N–H and O–H groups in total. The number of carbonyl (C=O) groups is 1. The highest BCUT2D eigenvalue weighted by Crippen LogP contribution is 2.22. The normalized spacial score (nSPS) is 19.7. The molecular weight excluding hydrogens is 250 g/mol. The maximum Gasteiger partial charge on any atom is 0.321 e. The Morgan fingerprint density at radius 3 is 3.00 bits per heavy atom. The molecule has 1 unspecified atom stereocenters. The van der Waals surface area contributed by atoms with E-state index < -0.39 is 0 Å². The highest BCUT2D eigenvalue weighted by molar-refractivity contribution is 6.33. The number of anilines is 1. The molecule has 0 saturated carbocycles. The number of nitrogens with zero attached hydrogens (tertiary/aromatic N) is 1. The van der Waals surface area contributed by atoms with Gasteiger partial charge in [0, 0.05) is 13.1 Å². The average Bonchev–Trinajstić information content (AvgIpc) is 2.41. The van der Waals surface area contributed by atoms with Crippen molar-refractivity contribution in [1.82, 2.24) is 4.90 Å². The van der Waals surface area contributed by atoms with Crippen molar-refractivity contribution in [2.24, 2.45) is 11.7 Å². The monoisotopic (exact) mass is 267 g/mol. The van der Waals surface area contributed by atoms with Crippen molar-refractivity contribution in [3.05, 3.63) is 29.3 Å². The molecule has 1 saturated heterocycles. The molecule has 98 valence electrons. The molecule has 1 fully saturated rings. The summed E-state index contributed by atoms with van der Waals surface area (Å²) in [5, 5.41) is 3.39. The lowest BCUT2D eigenvalue weighted by Gasteiger charge is -2.32. The van der Waals surface area contributed by atoms with Gasteiger partial charge in [0.25, 0.3) is 0 Å². The first-order valence-electron chi connectivity index (χ1n) is 6.21. The first-order valence-corrected chi connectivity index (χ1v) is 6.59. The fourth-order valence-corrected chi connectivity index (χ4v) is 2.38. The minimum Gasteiger partial charge on any atom is -0.330 e. The first kappa shape index (κ1) is 13.2. The Labute approximate surface area is 112 Å². The van der Waals surface area contributed by atoms with E-state index in [4.69, 9.17) is 17.3 Å². The molecule has 18 heavy (non-hydrogen) atoms. The van der Waals surface area contributed by atoms with Crippen molar-refractivity contribution >= 4 is 23.3 Å². The summed E-state index contributed by atoms with van der Waals surface area (Å²) in [4.78, 5) is 13.9. The van der Waals surface area contributed by atoms with Crippen molar-refractivity contribution in [3.63, 3.8) is 0 Å². The molecule has 0 spiro atoms. The van der Waals surface area contributed by atoms with Gasteiger partial charge in [-0.25, -0.2) is 4.79 Å². The summed E-state index contributed by atoms with van der Waals surface area (Å²) in [6.45, 7) is 2.15. The first-order chi connectivity index (χ1) is 8.70.